The molecule has 0 saturated carbocycles. The van der Waals surface area contributed by atoms with Crippen molar-refractivity contribution >= 4 is 17.4 Å². The molecule has 1 fully saturated rings. The maximum Gasteiger partial charge on any atom is 0.350 e. The van der Waals surface area contributed by atoms with E-state index in [1.165, 1.54) is 0 Å². The van der Waals surface area contributed by atoms with Crippen molar-refractivity contribution in [3.8, 4) is 0 Å². The monoisotopic (exact) mass is 241 g/mol. The van der Waals surface area contributed by atoms with E-state index in [-0.39, 0.29) is 10.8 Å². The Balaban J connectivity index is 2.30. The summed E-state index contributed by atoms with van der Waals surface area (Å²) in [6.45, 7) is 4.22. The molecule has 0 amide bonds. The van der Waals surface area contributed by atoms with E-state index >= 15 is 0 Å². The fraction of sp³-hybridized carbons (Fsp3) is 0.636. The fourth-order valence-electron chi connectivity index (χ4n) is 2.04. The summed E-state index contributed by atoms with van der Waals surface area (Å²) in [5.41, 5.74) is -0.291. The third-order valence-electron chi connectivity index (χ3n) is 3.19. The maximum atomic E-state index is 11.5. The van der Waals surface area contributed by atoms with Crippen LogP contribution in [0.3, 0.4) is 0 Å². The van der Waals surface area contributed by atoms with Gasteiger partial charge in [-0.15, -0.1) is 0 Å². The van der Waals surface area contributed by atoms with Crippen LogP contribution in [-0.2, 0) is 7.05 Å². The van der Waals surface area contributed by atoms with Crippen molar-refractivity contribution in [1.82, 2.24) is 9.55 Å². The number of hydrogen-bond donors (Lipinski definition) is 0. The van der Waals surface area contributed by atoms with Crippen LogP contribution in [0, 0.1) is 5.92 Å². The van der Waals surface area contributed by atoms with Gasteiger partial charge in [-0.25, -0.2) is 4.79 Å². The van der Waals surface area contributed by atoms with Gasteiger partial charge in [-0.2, -0.15) is 4.98 Å². The highest BCUT2D eigenvalue weighted by molar-refractivity contribution is 6.29. The molecule has 1 aromatic heterocycles. The molecule has 0 radical (unpaired) electrons. The Morgan fingerprint density at radius 2 is 2.06 bits per heavy atom. The number of halogens is 1. The molecular weight excluding hydrogens is 226 g/mol. The van der Waals surface area contributed by atoms with Crippen LogP contribution in [0.15, 0.2) is 10.9 Å². The molecule has 0 aromatic carbocycles. The van der Waals surface area contributed by atoms with Gasteiger partial charge in [0.1, 0.15) is 11.0 Å². The molecule has 0 aliphatic carbocycles. The van der Waals surface area contributed by atoms with Crippen LogP contribution in [0.5, 0.6) is 0 Å². The summed E-state index contributed by atoms with van der Waals surface area (Å²) >= 11 is 5.82. The molecule has 0 atom stereocenters. The fourth-order valence-corrected chi connectivity index (χ4v) is 2.21. The van der Waals surface area contributed by atoms with Crippen LogP contribution in [-0.4, -0.2) is 22.6 Å². The molecule has 5 heteroatoms. The second-order valence-electron chi connectivity index (χ2n) is 4.45. The summed E-state index contributed by atoms with van der Waals surface area (Å²) in [4.78, 5) is 17.4. The molecule has 1 aliphatic rings. The number of aromatic nitrogens is 2. The lowest BCUT2D eigenvalue weighted by atomic mass is 9.99. The number of piperidine rings is 1. The predicted molar refractivity (Wildman–Crippen MR) is 65.1 cm³/mol. The Morgan fingerprint density at radius 3 is 2.69 bits per heavy atom. The number of anilines is 1. The minimum absolute atomic E-state index is 0.275. The largest absolute Gasteiger partial charge is 0.358 e. The Kier molecular flexibility index (Phi) is 3.19. The molecule has 0 N–H and O–H groups in total. The molecule has 2 rings (SSSR count). The Hall–Kier alpha value is -1.03. The first-order valence-corrected chi connectivity index (χ1v) is 5.94. The van der Waals surface area contributed by atoms with Crippen LogP contribution in [0.25, 0.3) is 0 Å². The summed E-state index contributed by atoms with van der Waals surface area (Å²) in [5.74, 6) is 1.64. The first-order valence-electron chi connectivity index (χ1n) is 5.56. The van der Waals surface area contributed by atoms with E-state index in [2.05, 4.69) is 16.8 Å². The van der Waals surface area contributed by atoms with Gasteiger partial charge in [0.25, 0.3) is 0 Å². The summed E-state index contributed by atoms with van der Waals surface area (Å²) in [7, 11) is 1.74. The summed E-state index contributed by atoms with van der Waals surface area (Å²) < 4.78 is 1.56. The zero-order chi connectivity index (χ0) is 11.7. The predicted octanol–water partition coefficient (Wildman–Crippen LogP) is 1.67. The van der Waals surface area contributed by atoms with Crippen LogP contribution in [0.1, 0.15) is 19.8 Å². The van der Waals surface area contributed by atoms with Crippen LogP contribution < -0.4 is 10.6 Å². The third kappa shape index (κ3) is 2.21. The van der Waals surface area contributed by atoms with Crippen molar-refractivity contribution in [3.63, 3.8) is 0 Å². The van der Waals surface area contributed by atoms with Crippen molar-refractivity contribution in [2.45, 2.75) is 19.8 Å². The molecule has 0 bridgehead atoms. The van der Waals surface area contributed by atoms with Gasteiger partial charge < -0.3 is 4.90 Å². The van der Waals surface area contributed by atoms with E-state index < -0.39 is 0 Å². The van der Waals surface area contributed by atoms with Crippen molar-refractivity contribution in [2.75, 3.05) is 18.0 Å². The minimum Gasteiger partial charge on any atom is -0.358 e. The van der Waals surface area contributed by atoms with Crippen LogP contribution in [0.4, 0.5) is 5.82 Å². The average Bonchev–Trinajstić information content (AvgIpc) is 2.25. The van der Waals surface area contributed by atoms with E-state index in [1.54, 1.807) is 17.7 Å². The Morgan fingerprint density at radius 1 is 1.44 bits per heavy atom. The van der Waals surface area contributed by atoms with Gasteiger partial charge in [-0.1, -0.05) is 18.5 Å². The topological polar surface area (TPSA) is 38.1 Å². The summed E-state index contributed by atoms with van der Waals surface area (Å²) in [6, 6.07) is 1.76. The summed E-state index contributed by atoms with van der Waals surface area (Å²) in [6.07, 6.45) is 2.32. The number of rotatable bonds is 1. The van der Waals surface area contributed by atoms with Gasteiger partial charge in [0.2, 0.25) is 0 Å². The van der Waals surface area contributed by atoms with E-state index in [0.717, 1.165) is 37.7 Å². The zero-order valence-corrected chi connectivity index (χ0v) is 10.4. The van der Waals surface area contributed by atoms with E-state index in [1.807, 2.05) is 0 Å². The first kappa shape index (κ1) is 11.5. The molecule has 1 aromatic rings. The van der Waals surface area contributed by atoms with E-state index in [9.17, 15) is 4.79 Å². The molecule has 1 saturated heterocycles. The molecular formula is C11H16ClN3O. The normalized spacial score (nSPS) is 17.8. The zero-order valence-electron chi connectivity index (χ0n) is 9.61. The molecule has 2 heterocycles. The lowest BCUT2D eigenvalue weighted by Gasteiger charge is -2.32. The molecule has 0 spiro atoms. The minimum atomic E-state index is -0.291. The third-order valence-corrected chi connectivity index (χ3v) is 3.38. The Bertz CT molecular complexity index is 435. The summed E-state index contributed by atoms with van der Waals surface area (Å²) in [5, 5.41) is 0.275. The Labute approximate surface area is 99.9 Å². The first-order chi connectivity index (χ1) is 7.58. The van der Waals surface area contributed by atoms with Gasteiger partial charge in [0.15, 0.2) is 0 Å². The van der Waals surface area contributed by atoms with E-state index in [0.29, 0.717) is 0 Å². The number of nitrogens with zero attached hydrogens (tertiary/aromatic N) is 3. The van der Waals surface area contributed by atoms with Gasteiger partial charge >= 0.3 is 5.69 Å². The second-order valence-corrected chi connectivity index (χ2v) is 4.84. The number of hydrogen-bond acceptors (Lipinski definition) is 3. The molecule has 0 unspecified atom stereocenters. The molecule has 1 aliphatic heterocycles. The van der Waals surface area contributed by atoms with Gasteiger partial charge in [-0.3, -0.25) is 4.57 Å². The highest BCUT2D eigenvalue weighted by Crippen LogP contribution is 2.22. The van der Waals surface area contributed by atoms with Crippen LogP contribution in [0.2, 0.25) is 5.15 Å². The quantitative estimate of drug-likeness (QED) is 0.702. The van der Waals surface area contributed by atoms with E-state index in [4.69, 9.17) is 11.6 Å². The molecule has 4 nitrogen and oxygen atoms in total. The smallest absolute Gasteiger partial charge is 0.350 e. The molecule has 16 heavy (non-hydrogen) atoms. The van der Waals surface area contributed by atoms with Crippen molar-refractivity contribution in [2.24, 2.45) is 13.0 Å². The molecule has 88 valence electrons. The highest BCUT2D eigenvalue weighted by atomic mass is 35.5. The van der Waals surface area contributed by atoms with Crippen molar-refractivity contribution in [1.29, 1.82) is 0 Å². The van der Waals surface area contributed by atoms with Crippen molar-refractivity contribution < 1.29 is 0 Å². The average molecular weight is 242 g/mol. The maximum absolute atomic E-state index is 11.5. The van der Waals surface area contributed by atoms with Crippen LogP contribution >= 0.6 is 11.6 Å². The second kappa shape index (κ2) is 4.45. The SMILES string of the molecule is CC1CCN(c2cc(Cl)nc(=O)n2C)CC1. The standard InChI is InChI=1S/C11H16ClN3O/c1-8-3-5-15(6-4-8)10-7-9(12)13-11(16)14(10)2/h7-8H,3-6H2,1-2H3. The highest BCUT2D eigenvalue weighted by Gasteiger charge is 2.18. The van der Waals surface area contributed by atoms with Gasteiger partial charge in [0, 0.05) is 26.2 Å². The lowest BCUT2D eigenvalue weighted by molar-refractivity contribution is 0.433. The van der Waals surface area contributed by atoms with Gasteiger partial charge in [-0.05, 0) is 18.8 Å². The van der Waals surface area contributed by atoms with Gasteiger partial charge in [0.05, 0.1) is 0 Å². The van der Waals surface area contributed by atoms with Crippen molar-refractivity contribution in [3.05, 3.63) is 21.7 Å². The lowest BCUT2D eigenvalue weighted by Crippen LogP contribution is -2.37.